The maximum atomic E-state index is 12.4. The van der Waals surface area contributed by atoms with Gasteiger partial charge >= 0.3 is 5.97 Å². The third-order valence-corrected chi connectivity index (χ3v) is 9.91. The normalized spacial score (nSPS) is 18.7. The molecule has 0 radical (unpaired) electrons. The molecule has 0 spiro atoms. The number of carboxylic acids is 1. The van der Waals surface area contributed by atoms with Gasteiger partial charge in [0.2, 0.25) is 5.91 Å². The Kier molecular flexibility index (Phi) is 12.6. The van der Waals surface area contributed by atoms with Gasteiger partial charge in [0.25, 0.3) is 0 Å². The molecule has 4 aromatic rings. The molecular formula is C42H48N2O8. The fraction of sp³-hybridized carbons (Fsp3) is 0.381. The van der Waals surface area contributed by atoms with Gasteiger partial charge in [-0.25, -0.2) is 0 Å². The zero-order chi connectivity index (χ0) is 36.5. The van der Waals surface area contributed by atoms with Crippen molar-refractivity contribution in [2.75, 3.05) is 27.3 Å². The molecule has 0 saturated carbocycles. The summed E-state index contributed by atoms with van der Waals surface area (Å²) in [4.78, 5) is 25.6. The molecule has 4 aromatic carbocycles. The van der Waals surface area contributed by atoms with Crippen molar-refractivity contribution in [1.82, 2.24) is 10.2 Å². The standard InChI is InChI=1S/C42H48N2O8/c1-49-38-21-32-19-20-44(25-34(32)22-39(38)50-2)26-35-23-37(30-13-11-28(27-45)12-14-30)52-42(51-35)31-17-15-29(16-18-31)36-8-4-3-7-33(36)24-43-40(46)9-5-6-10-41(47)48/h3-4,7-8,11-18,21-22,35,37,42,45H,5-6,9-10,19-20,23-27H2,1-2H3,(H,43,46)(H,47,48)/t35-,37+,42+/m0/s1. The molecule has 3 atom stereocenters. The van der Waals surface area contributed by atoms with Gasteiger partial charge < -0.3 is 34.5 Å². The van der Waals surface area contributed by atoms with E-state index in [-0.39, 0.29) is 31.1 Å². The summed E-state index contributed by atoms with van der Waals surface area (Å²) in [6.45, 7) is 2.81. The molecule has 0 bridgehead atoms. The van der Waals surface area contributed by atoms with Gasteiger partial charge in [-0.1, -0.05) is 72.8 Å². The zero-order valence-electron chi connectivity index (χ0n) is 29.9. The fourth-order valence-corrected chi connectivity index (χ4v) is 7.04. The summed E-state index contributed by atoms with van der Waals surface area (Å²) in [7, 11) is 3.33. The average Bonchev–Trinajstić information content (AvgIpc) is 3.18. The number of hydrogen-bond donors (Lipinski definition) is 3. The van der Waals surface area contributed by atoms with E-state index in [2.05, 4.69) is 34.5 Å². The topological polar surface area (TPSA) is 127 Å². The van der Waals surface area contributed by atoms with E-state index in [1.54, 1.807) is 14.2 Å². The number of carboxylic acid groups (broad SMARTS) is 1. The summed E-state index contributed by atoms with van der Waals surface area (Å²) in [5.41, 5.74) is 8.35. The first-order valence-corrected chi connectivity index (χ1v) is 18.0. The fourth-order valence-electron chi connectivity index (χ4n) is 7.04. The van der Waals surface area contributed by atoms with Crippen LogP contribution in [0.4, 0.5) is 0 Å². The predicted octanol–water partition coefficient (Wildman–Crippen LogP) is 6.73. The van der Waals surface area contributed by atoms with Gasteiger partial charge in [0, 0.05) is 51.0 Å². The minimum absolute atomic E-state index is 0.0102. The summed E-state index contributed by atoms with van der Waals surface area (Å²) in [5, 5.41) is 21.4. The Hall–Kier alpha value is -4.74. The van der Waals surface area contributed by atoms with Gasteiger partial charge in [0.15, 0.2) is 17.8 Å². The van der Waals surface area contributed by atoms with E-state index in [0.29, 0.717) is 32.2 Å². The summed E-state index contributed by atoms with van der Waals surface area (Å²) in [5.74, 6) is 0.551. The molecule has 10 heteroatoms. The molecule has 0 aliphatic carbocycles. The van der Waals surface area contributed by atoms with Crippen LogP contribution in [0, 0.1) is 0 Å². The highest BCUT2D eigenvalue weighted by Gasteiger charge is 2.34. The molecule has 2 heterocycles. The van der Waals surface area contributed by atoms with Gasteiger partial charge in [-0.15, -0.1) is 0 Å². The first-order chi connectivity index (χ1) is 25.3. The van der Waals surface area contributed by atoms with Crippen molar-refractivity contribution in [3.05, 3.63) is 118 Å². The molecule has 10 nitrogen and oxygen atoms in total. The Balaban J connectivity index is 1.16. The van der Waals surface area contributed by atoms with Crippen LogP contribution in [0.15, 0.2) is 84.9 Å². The van der Waals surface area contributed by atoms with Crippen molar-refractivity contribution in [1.29, 1.82) is 0 Å². The summed E-state index contributed by atoms with van der Waals surface area (Å²) in [6.07, 6.45) is 2.15. The Morgan fingerprint density at radius 1 is 0.865 bits per heavy atom. The van der Waals surface area contributed by atoms with Crippen LogP contribution in [-0.4, -0.2) is 60.4 Å². The van der Waals surface area contributed by atoms with Crippen molar-refractivity contribution in [3.63, 3.8) is 0 Å². The lowest BCUT2D eigenvalue weighted by Crippen LogP contribution is -2.41. The second kappa shape index (κ2) is 17.7. The number of aliphatic hydroxyl groups excluding tert-OH is 1. The number of hydrogen-bond acceptors (Lipinski definition) is 8. The van der Waals surface area contributed by atoms with E-state index in [1.165, 1.54) is 11.1 Å². The minimum atomic E-state index is -0.845. The summed E-state index contributed by atoms with van der Waals surface area (Å²) in [6, 6.07) is 28.3. The van der Waals surface area contributed by atoms with Crippen LogP contribution in [-0.2, 0) is 45.2 Å². The van der Waals surface area contributed by atoms with Gasteiger partial charge in [-0.05, 0) is 70.3 Å². The van der Waals surface area contributed by atoms with Crippen LogP contribution in [0.2, 0.25) is 0 Å². The number of fused-ring (bicyclic) bond motifs is 1. The Morgan fingerprint density at radius 2 is 1.56 bits per heavy atom. The number of benzene rings is 4. The van der Waals surface area contributed by atoms with Gasteiger partial charge in [-0.3, -0.25) is 14.5 Å². The molecule has 1 saturated heterocycles. The lowest BCUT2D eigenvalue weighted by Gasteiger charge is -2.39. The number of carbonyl (C=O) groups is 2. The van der Waals surface area contributed by atoms with Crippen LogP contribution in [0.3, 0.4) is 0 Å². The summed E-state index contributed by atoms with van der Waals surface area (Å²) >= 11 is 0. The highest BCUT2D eigenvalue weighted by molar-refractivity contribution is 5.76. The van der Waals surface area contributed by atoms with Crippen LogP contribution in [0.1, 0.15) is 77.9 Å². The molecule has 3 N–H and O–H groups in total. The maximum absolute atomic E-state index is 12.4. The molecule has 274 valence electrons. The number of unbranched alkanes of at least 4 members (excludes halogenated alkanes) is 1. The Morgan fingerprint density at radius 3 is 2.27 bits per heavy atom. The van der Waals surface area contributed by atoms with E-state index in [4.69, 9.17) is 24.1 Å². The second-order valence-corrected chi connectivity index (χ2v) is 13.5. The van der Waals surface area contributed by atoms with Gasteiger partial charge in [0.05, 0.1) is 33.0 Å². The third kappa shape index (κ3) is 9.37. The van der Waals surface area contributed by atoms with Crippen molar-refractivity contribution in [2.45, 2.75) is 76.7 Å². The quantitative estimate of drug-likeness (QED) is 0.115. The monoisotopic (exact) mass is 708 g/mol. The van der Waals surface area contributed by atoms with Gasteiger partial charge in [0.1, 0.15) is 0 Å². The number of nitrogens with zero attached hydrogens (tertiary/aromatic N) is 1. The van der Waals surface area contributed by atoms with Crippen molar-refractivity contribution >= 4 is 11.9 Å². The Labute approximate surface area is 305 Å². The number of methoxy groups -OCH3 is 2. The Bertz CT molecular complexity index is 1810. The molecule has 52 heavy (non-hydrogen) atoms. The number of ether oxygens (including phenoxy) is 4. The molecule has 2 aliphatic heterocycles. The van der Waals surface area contributed by atoms with Crippen LogP contribution in [0.5, 0.6) is 11.5 Å². The van der Waals surface area contributed by atoms with E-state index >= 15 is 0 Å². The van der Waals surface area contributed by atoms with Crippen molar-refractivity contribution < 1.29 is 38.7 Å². The highest BCUT2D eigenvalue weighted by Crippen LogP contribution is 2.40. The number of rotatable bonds is 15. The lowest BCUT2D eigenvalue weighted by molar-refractivity contribution is -0.253. The first kappa shape index (κ1) is 37.0. The number of carbonyl (C=O) groups excluding carboxylic acids is 1. The van der Waals surface area contributed by atoms with Gasteiger partial charge in [-0.2, -0.15) is 0 Å². The molecular weight excluding hydrogens is 660 g/mol. The smallest absolute Gasteiger partial charge is 0.303 e. The third-order valence-electron chi connectivity index (χ3n) is 9.91. The zero-order valence-corrected chi connectivity index (χ0v) is 29.9. The molecule has 2 aliphatic rings. The molecule has 1 fully saturated rings. The van der Waals surface area contributed by atoms with E-state index in [1.807, 2.05) is 60.7 Å². The van der Waals surface area contributed by atoms with Crippen molar-refractivity contribution in [2.24, 2.45) is 0 Å². The second-order valence-electron chi connectivity index (χ2n) is 13.5. The van der Waals surface area contributed by atoms with Crippen molar-refractivity contribution in [3.8, 4) is 22.6 Å². The van der Waals surface area contributed by atoms with Crippen LogP contribution >= 0.6 is 0 Å². The largest absolute Gasteiger partial charge is 0.493 e. The number of amides is 1. The predicted molar refractivity (Wildman–Crippen MR) is 197 cm³/mol. The number of nitrogens with one attached hydrogen (secondary N) is 1. The first-order valence-electron chi connectivity index (χ1n) is 18.0. The number of aliphatic hydroxyl groups is 1. The van der Waals surface area contributed by atoms with Crippen LogP contribution < -0.4 is 14.8 Å². The molecule has 1 amide bonds. The molecule has 0 aromatic heterocycles. The SMILES string of the molecule is COc1cc2c(cc1OC)CN(C[C@@H]1C[C@H](c3ccc(CO)cc3)O[C@H](c3ccc(-c4ccccc4CNC(=O)CCCCC(=O)O)cc3)O1)CC2. The highest BCUT2D eigenvalue weighted by atomic mass is 16.7. The lowest BCUT2D eigenvalue weighted by atomic mass is 9.96. The summed E-state index contributed by atoms with van der Waals surface area (Å²) < 4.78 is 24.5. The average molecular weight is 709 g/mol. The number of aliphatic carboxylic acids is 1. The van der Waals surface area contributed by atoms with E-state index in [0.717, 1.165) is 70.9 Å². The van der Waals surface area contributed by atoms with Crippen LogP contribution in [0.25, 0.3) is 11.1 Å². The van der Waals surface area contributed by atoms with E-state index < -0.39 is 12.3 Å². The molecule has 0 unspecified atom stereocenters. The van der Waals surface area contributed by atoms with E-state index in [9.17, 15) is 14.7 Å². The molecule has 6 rings (SSSR count). The maximum Gasteiger partial charge on any atom is 0.303 e. The minimum Gasteiger partial charge on any atom is -0.493 e.